The zero-order valence-corrected chi connectivity index (χ0v) is 11.3. The number of hydrogen-bond acceptors (Lipinski definition) is 4. The zero-order chi connectivity index (χ0) is 12.5. The molecular weight excluding hydrogens is 262 g/mol. The molecule has 0 amide bonds. The predicted octanol–water partition coefficient (Wildman–Crippen LogP) is 2.18. The Bertz CT molecular complexity index is 490. The molecule has 1 aliphatic carbocycles. The molecule has 0 spiro atoms. The lowest BCUT2D eigenvalue weighted by Gasteiger charge is -2.12. The molecule has 1 aromatic heterocycles. The lowest BCUT2D eigenvalue weighted by molar-refractivity contribution is 0.530. The molecule has 2 rings (SSSR count). The molecule has 1 fully saturated rings. The molecular formula is C10H16ClN3O2S. The standard InChI is InChI=1S/C10H16ClN3O2S/c1-14-9(8-6-4-2-3-5-7-8)12-13-10(14)17(11,15)16/h8H,2-7H2,1H3. The Hall–Kier alpha value is -0.620. The summed E-state index contributed by atoms with van der Waals surface area (Å²) >= 11 is 0. The van der Waals surface area contributed by atoms with Gasteiger partial charge in [0.25, 0.3) is 14.2 Å². The van der Waals surface area contributed by atoms with Gasteiger partial charge in [-0.2, -0.15) is 0 Å². The van der Waals surface area contributed by atoms with E-state index in [1.54, 1.807) is 7.05 Å². The van der Waals surface area contributed by atoms with E-state index in [4.69, 9.17) is 10.7 Å². The maximum absolute atomic E-state index is 11.3. The van der Waals surface area contributed by atoms with Crippen LogP contribution >= 0.6 is 10.7 Å². The molecule has 0 unspecified atom stereocenters. The quantitative estimate of drug-likeness (QED) is 0.614. The van der Waals surface area contributed by atoms with E-state index in [1.807, 2.05) is 0 Å². The minimum Gasteiger partial charge on any atom is -0.304 e. The SMILES string of the molecule is Cn1c(C2CCCCCC2)nnc1S(=O)(=O)Cl. The monoisotopic (exact) mass is 277 g/mol. The van der Waals surface area contributed by atoms with Gasteiger partial charge in [0.1, 0.15) is 5.82 Å². The molecule has 0 aromatic carbocycles. The topological polar surface area (TPSA) is 64.8 Å². The van der Waals surface area contributed by atoms with Gasteiger partial charge in [0, 0.05) is 23.6 Å². The summed E-state index contributed by atoms with van der Waals surface area (Å²) in [4.78, 5) is 0. The zero-order valence-electron chi connectivity index (χ0n) is 9.76. The molecule has 1 aromatic rings. The third kappa shape index (κ3) is 2.80. The van der Waals surface area contributed by atoms with E-state index in [9.17, 15) is 8.42 Å². The van der Waals surface area contributed by atoms with Crippen LogP contribution in [0.25, 0.3) is 0 Å². The number of nitrogens with zero attached hydrogens (tertiary/aromatic N) is 3. The van der Waals surface area contributed by atoms with Crippen molar-refractivity contribution < 1.29 is 8.42 Å². The van der Waals surface area contributed by atoms with Gasteiger partial charge in [0.05, 0.1) is 0 Å². The first-order valence-corrected chi connectivity index (χ1v) is 8.15. The van der Waals surface area contributed by atoms with Crippen molar-refractivity contribution in [3.63, 3.8) is 0 Å². The Morgan fingerprint density at radius 3 is 2.24 bits per heavy atom. The van der Waals surface area contributed by atoms with Gasteiger partial charge in [-0.15, -0.1) is 10.2 Å². The van der Waals surface area contributed by atoms with Crippen LogP contribution in [-0.4, -0.2) is 23.2 Å². The van der Waals surface area contributed by atoms with Gasteiger partial charge in [0.15, 0.2) is 0 Å². The van der Waals surface area contributed by atoms with E-state index >= 15 is 0 Å². The minimum atomic E-state index is -3.80. The van der Waals surface area contributed by atoms with E-state index in [2.05, 4.69) is 10.2 Å². The molecule has 1 saturated carbocycles. The third-order valence-electron chi connectivity index (χ3n) is 3.31. The number of hydrogen-bond donors (Lipinski definition) is 0. The summed E-state index contributed by atoms with van der Waals surface area (Å²) in [6.45, 7) is 0. The van der Waals surface area contributed by atoms with E-state index in [0.717, 1.165) is 18.7 Å². The summed E-state index contributed by atoms with van der Waals surface area (Å²) in [6.07, 6.45) is 6.92. The molecule has 0 N–H and O–H groups in total. The van der Waals surface area contributed by atoms with Crippen LogP contribution in [0.2, 0.25) is 0 Å². The van der Waals surface area contributed by atoms with E-state index in [1.165, 1.54) is 30.3 Å². The Morgan fingerprint density at radius 1 is 1.18 bits per heavy atom. The van der Waals surface area contributed by atoms with E-state index in [-0.39, 0.29) is 5.16 Å². The number of aromatic nitrogens is 3. The summed E-state index contributed by atoms with van der Waals surface area (Å²) in [5.74, 6) is 1.05. The Balaban J connectivity index is 2.30. The van der Waals surface area contributed by atoms with Gasteiger partial charge in [0.2, 0.25) is 0 Å². The van der Waals surface area contributed by atoms with Crippen molar-refractivity contribution in [1.82, 2.24) is 14.8 Å². The predicted molar refractivity (Wildman–Crippen MR) is 64.5 cm³/mol. The highest BCUT2D eigenvalue weighted by atomic mass is 35.7. The van der Waals surface area contributed by atoms with Gasteiger partial charge in [-0.05, 0) is 12.8 Å². The van der Waals surface area contributed by atoms with Gasteiger partial charge in [-0.25, -0.2) is 8.42 Å². The molecule has 0 atom stereocenters. The molecule has 1 heterocycles. The van der Waals surface area contributed by atoms with Gasteiger partial charge in [-0.3, -0.25) is 0 Å². The Labute approximate surface area is 106 Å². The highest BCUT2D eigenvalue weighted by Gasteiger charge is 2.25. The molecule has 0 aliphatic heterocycles. The average molecular weight is 278 g/mol. The Morgan fingerprint density at radius 2 is 1.76 bits per heavy atom. The first-order chi connectivity index (χ1) is 8.00. The first-order valence-electron chi connectivity index (χ1n) is 5.84. The molecule has 7 heteroatoms. The van der Waals surface area contributed by atoms with Gasteiger partial charge < -0.3 is 4.57 Å². The lowest BCUT2D eigenvalue weighted by Crippen LogP contribution is -2.09. The summed E-state index contributed by atoms with van der Waals surface area (Å²) < 4.78 is 24.0. The fourth-order valence-corrected chi connectivity index (χ4v) is 3.39. The molecule has 0 radical (unpaired) electrons. The van der Waals surface area contributed by atoms with Crippen molar-refractivity contribution in [3.05, 3.63) is 5.82 Å². The van der Waals surface area contributed by atoms with Crippen LogP contribution in [0.1, 0.15) is 50.3 Å². The summed E-state index contributed by atoms with van der Waals surface area (Å²) in [6, 6.07) is 0. The van der Waals surface area contributed by atoms with Crippen molar-refractivity contribution in [2.24, 2.45) is 7.05 Å². The second kappa shape index (κ2) is 4.94. The molecule has 17 heavy (non-hydrogen) atoms. The third-order valence-corrected chi connectivity index (χ3v) is 4.51. The largest absolute Gasteiger partial charge is 0.304 e. The van der Waals surface area contributed by atoms with Crippen LogP contribution in [0.15, 0.2) is 5.16 Å². The fourth-order valence-electron chi connectivity index (χ4n) is 2.43. The van der Waals surface area contributed by atoms with E-state index in [0.29, 0.717) is 5.92 Å². The van der Waals surface area contributed by atoms with Crippen LogP contribution < -0.4 is 0 Å². The maximum Gasteiger partial charge on any atom is 0.296 e. The van der Waals surface area contributed by atoms with Crippen LogP contribution in [-0.2, 0) is 16.1 Å². The highest BCUT2D eigenvalue weighted by Crippen LogP contribution is 2.31. The first kappa shape index (κ1) is 12.8. The number of rotatable bonds is 2. The molecule has 0 saturated heterocycles. The van der Waals surface area contributed by atoms with Crippen molar-refractivity contribution in [2.75, 3.05) is 0 Å². The van der Waals surface area contributed by atoms with Gasteiger partial charge >= 0.3 is 0 Å². The maximum atomic E-state index is 11.3. The second-order valence-electron chi connectivity index (χ2n) is 4.53. The second-order valence-corrected chi connectivity index (χ2v) is 6.99. The van der Waals surface area contributed by atoms with Gasteiger partial charge in [-0.1, -0.05) is 25.7 Å². The van der Waals surface area contributed by atoms with Crippen LogP contribution in [0.3, 0.4) is 0 Å². The molecule has 96 valence electrons. The minimum absolute atomic E-state index is 0.154. The fraction of sp³-hybridized carbons (Fsp3) is 0.800. The highest BCUT2D eigenvalue weighted by molar-refractivity contribution is 8.13. The molecule has 5 nitrogen and oxygen atoms in total. The molecule has 1 aliphatic rings. The summed E-state index contributed by atoms with van der Waals surface area (Å²) in [5.41, 5.74) is 0. The van der Waals surface area contributed by atoms with Crippen LogP contribution in [0.5, 0.6) is 0 Å². The van der Waals surface area contributed by atoms with Crippen molar-refractivity contribution >= 4 is 19.7 Å². The smallest absolute Gasteiger partial charge is 0.296 e. The normalized spacial score (nSPS) is 19.2. The lowest BCUT2D eigenvalue weighted by atomic mass is 10.00. The van der Waals surface area contributed by atoms with E-state index < -0.39 is 9.05 Å². The van der Waals surface area contributed by atoms with Crippen molar-refractivity contribution in [3.8, 4) is 0 Å². The average Bonchev–Trinajstić information content (AvgIpc) is 2.50. The summed E-state index contributed by atoms with van der Waals surface area (Å²) in [5, 5.41) is 7.53. The van der Waals surface area contributed by atoms with Crippen LogP contribution in [0.4, 0.5) is 0 Å². The Kier molecular flexibility index (Phi) is 3.73. The molecule has 0 bridgehead atoms. The van der Waals surface area contributed by atoms with Crippen molar-refractivity contribution in [2.45, 2.75) is 49.6 Å². The van der Waals surface area contributed by atoms with Crippen molar-refractivity contribution in [1.29, 1.82) is 0 Å². The summed E-state index contributed by atoms with van der Waals surface area (Å²) in [7, 11) is 3.16. The number of halogens is 1. The van der Waals surface area contributed by atoms with Crippen LogP contribution in [0, 0.1) is 0 Å².